The normalized spacial score (nSPS) is 13.0. The van der Waals surface area contributed by atoms with Gasteiger partial charge in [0.05, 0.1) is 0 Å². The number of halogens is 1. The van der Waals surface area contributed by atoms with E-state index in [1.165, 1.54) is 28.4 Å². The molecule has 0 amide bonds. The zero-order valence-electron chi connectivity index (χ0n) is 11.2. The van der Waals surface area contributed by atoms with Gasteiger partial charge in [-0.2, -0.15) is 0 Å². The first kappa shape index (κ1) is 15.0. The van der Waals surface area contributed by atoms with Crippen LogP contribution in [0.3, 0.4) is 0 Å². The van der Waals surface area contributed by atoms with E-state index >= 15 is 0 Å². The molecule has 0 aliphatic heterocycles. The summed E-state index contributed by atoms with van der Waals surface area (Å²) in [6.45, 7) is 7.92. The highest BCUT2D eigenvalue weighted by atomic mass is 127. The van der Waals surface area contributed by atoms with Gasteiger partial charge in [-0.15, -0.1) is 0 Å². The van der Waals surface area contributed by atoms with Crippen molar-refractivity contribution in [2.45, 2.75) is 46.1 Å². The molecular formula is C15H24IN. The van der Waals surface area contributed by atoms with Crippen LogP contribution in [0.2, 0.25) is 0 Å². The largest absolute Gasteiger partial charge is 0.310 e. The second-order valence-electron chi connectivity index (χ2n) is 5.03. The van der Waals surface area contributed by atoms with Gasteiger partial charge in [-0.1, -0.05) is 32.9 Å². The van der Waals surface area contributed by atoms with Gasteiger partial charge in [-0.25, -0.2) is 0 Å². The van der Waals surface area contributed by atoms with Crippen molar-refractivity contribution in [3.05, 3.63) is 33.4 Å². The smallest absolute Gasteiger partial charge is 0.0320 e. The molecule has 0 spiro atoms. The minimum atomic E-state index is 0.520. The number of nitrogens with one attached hydrogen (secondary N) is 1. The van der Waals surface area contributed by atoms with E-state index in [1.807, 2.05) is 0 Å². The average molecular weight is 345 g/mol. The number of hydrogen-bond acceptors (Lipinski definition) is 1. The molecule has 1 aromatic rings. The number of rotatable bonds is 7. The number of benzene rings is 1. The van der Waals surface area contributed by atoms with E-state index in [0.717, 1.165) is 12.5 Å². The van der Waals surface area contributed by atoms with Gasteiger partial charge in [0.25, 0.3) is 0 Å². The topological polar surface area (TPSA) is 12.0 Å². The summed E-state index contributed by atoms with van der Waals surface area (Å²) in [6, 6.07) is 9.38. The van der Waals surface area contributed by atoms with E-state index in [9.17, 15) is 0 Å². The Morgan fingerprint density at radius 1 is 1.24 bits per heavy atom. The second kappa shape index (κ2) is 8.09. The molecule has 0 bridgehead atoms. The highest BCUT2D eigenvalue weighted by Gasteiger charge is 2.11. The highest BCUT2D eigenvalue weighted by molar-refractivity contribution is 14.1. The van der Waals surface area contributed by atoms with Crippen molar-refractivity contribution in [1.29, 1.82) is 0 Å². The summed E-state index contributed by atoms with van der Waals surface area (Å²) < 4.78 is 1.33. The third kappa shape index (κ3) is 5.87. The van der Waals surface area contributed by atoms with Crippen molar-refractivity contribution in [3.63, 3.8) is 0 Å². The Morgan fingerprint density at radius 2 is 2.00 bits per heavy atom. The monoisotopic (exact) mass is 345 g/mol. The Balaban J connectivity index is 2.67. The molecular weight excluding hydrogens is 321 g/mol. The SMILES string of the molecule is CCCNC(CCC(C)C)c1cccc(I)c1. The maximum atomic E-state index is 3.66. The molecule has 2 heteroatoms. The van der Waals surface area contributed by atoms with Crippen LogP contribution < -0.4 is 5.32 Å². The van der Waals surface area contributed by atoms with Gasteiger partial charge in [-0.05, 0) is 72.0 Å². The molecule has 1 atom stereocenters. The third-order valence-electron chi connectivity index (χ3n) is 2.92. The van der Waals surface area contributed by atoms with E-state index < -0.39 is 0 Å². The van der Waals surface area contributed by atoms with Crippen molar-refractivity contribution in [3.8, 4) is 0 Å². The quantitative estimate of drug-likeness (QED) is 0.702. The van der Waals surface area contributed by atoms with Crippen molar-refractivity contribution >= 4 is 22.6 Å². The van der Waals surface area contributed by atoms with Gasteiger partial charge in [0, 0.05) is 9.61 Å². The van der Waals surface area contributed by atoms with Crippen molar-refractivity contribution in [1.82, 2.24) is 5.32 Å². The van der Waals surface area contributed by atoms with Gasteiger partial charge in [-0.3, -0.25) is 0 Å². The average Bonchev–Trinajstić information content (AvgIpc) is 2.29. The van der Waals surface area contributed by atoms with Crippen molar-refractivity contribution < 1.29 is 0 Å². The minimum absolute atomic E-state index is 0.520. The Morgan fingerprint density at radius 3 is 2.59 bits per heavy atom. The molecule has 0 saturated heterocycles. The number of hydrogen-bond donors (Lipinski definition) is 1. The van der Waals surface area contributed by atoms with Gasteiger partial charge >= 0.3 is 0 Å². The van der Waals surface area contributed by atoms with E-state index in [2.05, 4.69) is 72.9 Å². The Kier molecular flexibility index (Phi) is 7.12. The first-order chi connectivity index (χ1) is 8.13. The Bertz CT molecular complexity index is 322. The Labute approximate surface area is 120 Å². The van der Waals surface area contributed by atoms with Gasteiger partial charge in [0.1, 0.15) is 0 Å². The van der Waals surface area contributed by atoms with Gasteiger partial charge in [0.15, 0.2) is 0 Å². The van der Waals surface area contributed by atoms with Crippen LogP contribution in [0.5, 0.6) is 0 Å². The lowest BCUT2D eigenvalue weighted by Gasteiger charge is -2.20. The fourth-order valence-corrected chi connectivity index (χ4v) is 2.50. The molecule has 17 heavy (non-hydrogen) atoms. The molecule has 0 aliphatic carbocycles. The Hall–Kier alpha value is -0.0900. The maximum Gasteiger partial charge on any atom is 0.0320 e. The lowest BCUT2D eigenvalue weighted by atomic mass is 9.97. The van der Waals surface area contributed by atoms with Crippen LogP contribution in [0.15, 0.2) is 24.3 Å². The fraction of sp³-hybridized carbons (Fsp3) is 0.600. The van der Waals surface area contributed by atoms with Crippen LogP contribution in [0, 0.1) is 9.49 Å². The summed E-state index contributed by atoms with van der Waals surface area (Å²) in [4.78, 5) is 0. The molecule has 1 unspecified atom stereocenters. The minimum Gasteiger partial charge on any atom is -0.310 e. The third-order valence-corrected chi connectivity index (χ3v) is 3.60. The van der Waals surface area contributed by atoms with Crippen LogP contribution in [0.25, 0.3) is 0 Å². The summed E-state index contributed by atoms with van der Waals surface area (Å²) in [5.41, 5.74) is 1.44. The predicted octanol–water partition coefficient (Wildman–Crippen LogP) is 4.77. The van der Waals surface area contributed by atoms with Crippen molar-refractivity contribution in [2.75, 3.05) is 6.54 Å². The lowest BCUT2D eigenvalue weighted by molar-refractivity contribution is 0.440. The van der Waals surface area contributed by atoms with Crippen LogP contribution in [0.1, 0.15) is 51.6 Å². The summed E-state index contributed by atoms with van der Waals surface area (Å²) in [7, 11) is 0. The fourth-order valence-electron chi connectivity index (χ4n) is 1.93. The zero-order valence-corrected chi connectivity index (χ0v) is 13.3. The summed E-state index contributed by atoms with van der Waals surface area (Å²) >= 11 is 2.39. The summed E-state index contributed by atoms with van der Waals surface area (Å²) in [5.74, 6) is 0.781. The van der Waals surface area contributed by atoms with E-state index in [4.69, 9.17) is 0 Å². The molecule has 0 fully saturated rings. The van der Waals surface area contributed by atoms with E-state index in [0.29, 0.717) is 6.04 Å². The van der Waals surface area contributed by atoms with Gasteiger partial charge in [0.2, 0.25) is 0 Å². The molecule has 1 nitrogen and oxygen atoms in total. The van der Waals surface area contributed by atoms with Crippen LogP contribution in [-0.2, 0) is 0 Å². The molecule has 0 aromatic heterocycles. The predicted molar refractivity (Wildman–Crippen MR) is 84.3 cm³/mol. The summed E-state index contributed by atoms with van der Waals surface area (Å²) in [6.07, 6.45) is 3.71. The second-order valence-corrected chi connectivity index (χ2v) is 6.28. The van der Waals surface area contributed by atoms with Crippen LogP contribution in [-0.4, -0.2) is 6.54 Å². The van der Waals surface area contributed by atoms with Crippen molar-refractivity contribution in [2.24, 2.45) is 5.92 Å². The van der Waals surface area contributed by atoms with Crippen LogP contribution in [0.4, 0.5) is 0 Å². The molecule has 1 N–H and O–H groups in total. The molecule has 1 rings (SSSR count). The first-order valence-electron chi connectivity index (χ1n) is 6.62. The summed E-state index contributed by atoms with van der Waals surface area (Å²) in [5, 5.41) is 3.66. The highest BCUT2D eigenvalue weighted by Crippen LogP contribution is 2.22. The lowest BCUT2D eigenvalue weighted by Crippen LogP contribution is -2.22. The molecule has 1 aromatic carbocycles. The van der Waals surface area contributed by atoms with Crippen LogP contribution >= 0.6 is 22.6 Å². The maximum absolute atomic E-state index is 3.66. The standard InChI is InChI=1S/C15H24IN/c1-4-10-17-15(9-8-12(2)3)13-6-5-7-14(16)11-13/h5-7,11-12,15,17H,4,8-10H2,1-3H3. The zero-order chi connectivity index (χ0) is 12.7. The van der Waals surface area contributed by atoms with E-state index in [-0.39, 0.29) is 0 Å². The van der Waals surface area contributed by atoms with Gasteiger partial charge < -0.3 is 5.32 Å². The molecule has 0 saturated carbocycles. The molecule has 0 heterocycles. The van der Waals surface area contributed by atoms with E-state index in [1.54, 1.807) is 0 Å². The molecule has 0 radical (unpaired) electrons. The first-order valence-corrected chi connectivity index (χ1v) is 7.70. The molecule has 0 aliphatic rings. The molecule has 96 valence electrons.